The third kappa shape index (κ3) is 5.84. The van der Waals surface area contributed by atoms with Crippen LogP contribution in [0.2, 0.25) is 6.82 Å². The Bertz CT molecular complexity index is 650. The molecule has 1 aliphatic rings. The van der Waals surface area contributed by atoms with E-state index in [-0.39, 0.29) is 44.0 Å². The van der Waals surface area contributed by atoms with E-state index < -0.39 is 0 Å². The Morgan fingerprint density at radius 3 is 1.19 bits per heavy atom. The van der Waals surface area contributed by atoms with E-state index in [1.165, 1.54) is 44.3 Å². The average Bonchev–Trinajstić information content (AvgIpc) is 2.43. The van der Waals surface area contributed by atoms with Crippen molar-refractivity contribution in [2.24, 2.45) is 0 Å². The Labute approximate surface area is 189 Å². The second-order valence-corrected chi connectivity index (χ2v) is 7.37. The van der Waals surface area contributed by atoms with Crippen LogP contribution in [0, 0.1) is 79.3 Å². The molecular weight excluding hydrogens is 347 g/mol. The molecule has 2 nitrogen and oxygen atoms in total. The van der Waals surface area contributed by atoms with Crippen LogP contribution < -0.4 is 10.9 Å². The van der Waals surface area contributed by atoms with Crippen molar-refractivity contribution >= 4 is 17.6 Å². The van der Waals surface area contributed by atoms with E-state index in [9.17, 15) is 0 Å². The van der Waals surface area contributed by atoms with E-state index in [0.29, 0.717) is 13.5 Å². The zero-order chi connectivity index (χ0) is 18.7. The largest absolute Gasteiger partial charge is 0.327 e. The minimum atomic E-state index is 0. The van der Waals surface area contributed by atoms with E-state index in [0.717, 1.165) is 0 Å². The molecule has 0 aliphatic carbocycles. The van der Waals surface area contributed by atoms with Gasteiger partial charge in [0.15, 0.2) is 13.1 Å². The molecule has 1 heterocycles. The first-order valence-electron chi connectivity index (χ1n) is 9.09. The number of ether oxygens (including phenoxy) is 2. The van der Waals surface area contributed by atoms with Crippen LogP contribution in [0.25, 0.3) is 0 Å². The summed E-state index contributed by atoms with van der Waals surface area (Å²) in [5, 5.41) is 0. The van der Waals surface area contributed by atoms with Crippen molar-refractivity contribution in [3.8, 4) is 0 Å². The average molecular weight is 378 g/mol. The number of hydrogen-bond acceptors (Lipinski definition) is 2. The van der Waals surface area contributed by atoms with Crippen LogP contribution in [-0.4, -0.2) is 19.8 Å². The number of rotatable bonds is 2. The molecule has 2 aromatic rings. The van der Waals surface area contributed by atoms with Crippen LogP contribution in [-0.2, 0) is 9.47 Å². The molecule has 0 radical (unpaired) electrons. The zero-order valence-corrected chi connectivity index (χ0v) is 18.0. The molecule has 142 valence electrons. The van der Waals surface area contributed by atoms with Crippen molar-refractivity contribution in [2.45, 2.75) is 61.6 Å². The Hall–Kier alpha value is -0.315. The molecule has 4 heteroatoms. The van der Waals surface area contributed by atoms with Gasteiger partial charge in [-0.05, 0) is 48.5 Å². The van der Waals surface area contributed by atoms with E-state index in [1.54, 1.807) is 0 Å². The molecule has 26 heavy (non-hydrogen) atoms. The fourth-order valence-electron chi connectivity index (χ4n) is 4.10. The Balaban J connectivity index is 0.000000486. The minimum Gasteiger partial charge on any atom is -0.327 e. The number of benzene rings is 2. The SMILES string of the molecule is CB(c1c(C)cc(C)cc1C)c1c(C)cc(C)cc1C.CC1OCO1.[Ar]. The van der Waals surface area contributed by atoms with Gasteiger partial charge in [-0.3, -0.25) is 0 Å². The molecular formula is C22H31ArBO2. The molecule has 0 aromatic heterocycles. The summed E-state index contributed by atoms with van der Waals surface area (Å²) in [6, 6.07) is 9.21. The summed E-state index contributed by atoms with van der Waals surface area (Å²) < 4.78 is 9.42. The standard InChI is InChI=1S/C19H25B.C3H6O2.Ar/c1-12-8-14(3)18(15(4)9-12)20(7)19-16(5)10-13(2)11-17(19)6;1-3-4-2-5-3;/h8-11H,1-7H3;3H,2H2,1H3;. The molecule has 1 aliphatic heterocycles. The van der Waals surface area contributed by atoms with Crippen molar-refractivity contribution in [3.63, 3.8) is 0 Å². The third-order valence-electron chi connectivity index (χ3n) is 4.95. The Morgan fingerprint density at radius 2 is 1.00 bits per heavy atom. The molecule has 0 atom stereocenters. The normalized spacial score (nSPS) is 13.2. The first-order chi connectivity index (χ1) is 11.7. The van der Waals surface area contributed by atoms with Crippen molar-refractivity contribution in [3.05, 3.63) is 57.6 Å². The van der Waals surface area contributed by atoms with E-state index >= 15 is 0 Å². The molecule has 1 saturated heterocycles. The first-order valence-corrected chi connectivity index (χ1v) is 9.09. The topological polar surface area (TPSA) is 18.5 Å². The maximum atomic E-state index is 4.71. The predicted molar refractivity (Wildman–Crippen MR) is 109 cm³/mol. The van der Waals surface area contributed by atoms with Gasteiger partial charge in [0.05, 0.1) is 0 Å². The number of hydrogen-bond donors (Lipinski definition) is 0. The van der Waals surface area contributed by atoms with E-state index in [2.05, 4.69) is 72.6 Å². The van der Waals surface area contributed by atoms with Gasteiger partial charge in [-0.1, -0.05) is 75.4 Å². The van der Waals surface area contributed by atoms with Crippen LogP contribution >= 0.6 is 0 Å². The second-order valence-electron chi connectivity index (χ2n) is 7.37. The van der Waals surface area contributed by atoms with Crippen LogP contribution in [0.4, 0.5) is 0 Å². The molecule has 3 rings (SSSR count). The summed E-state index contributed by atoms with van der Waals surface area (Å²) in [5.74, 6) is 0. The van der Waals surface area contributed by atoms with Gasteiger partial charge in [0.25, 0.3) is 0 Å². The minimum absolute atomic E-state index is 0. The summed E-state index contributed by atoms with van der Waals surface area (Å²) in [7, 11) is 0. The van der Waals surface area contributed by atoms with Crippen molar-refractivity contribution in [2.75, 3.05) is 6.79 Å². The van der Waals surface area contributed by atoms with Crippen molar-refractivity contribution in [1.82, 2.24) is 0 Å². The predicted octanol–water partition coefficient (Wildman–Crippen LogP) is 4.11. The molecule has 1 fully saturated rings. The monoisotopic (exact) mass is 378 g/mol. The zero-order valence-electron chi connectivity index (χ0n) is 17.3. The van der Waals surface area contributed by atoms with Crippen LogP contribution in [0.3, 0.4) is 0 Å². The summed E-state index contributed by atoms with van der Waals surface area (Å²) in [6.45, 7) is 18.5. The summed E-state index contributed by atoms with van der Waals surface area (Å²) in [4.78, 5) is 0. The number of aryl methyl sites for hydroxylation is 6. The third-order valence-corrected chi connectivity index (χ3v) is 4.95. The summed E-state index contributed by atoms with van der Waals surface area (Å²) in [6.07, 6.45) is 0.0648. The second kappa shape index (κ2) is 10.3. The smallest absolute Gasteiger partial charge is 0.207 e. The summed E-state index contributed by atoms with van der Waals surface area (Å²) >= 11 is 0. The van der Waals surface area contributed by atoms with E-state index in [4.69, 9.17) is 9.47 Å². The van der Waals surface area contributed by atoms with Crippen LogP contribution in [0.5, 0.6) is 0 Å². The maximum absolute atomic E-state index is 4.71. The molecule has 0 saturated carbocycles. The van der Waals surface area contributed by atoms with Crippen molar-refractivity contribution < 1.29 is 47.2 Å². The van der Waals surface area contributed by atoms with Gasteiger partial charge < -0.3 is 9.47 Å². The van der Waals surface area contributed by atoms with Gasteiger partial charge in [-0.15, -0.1) is 0 Å². The van der Waals surface area contributed by atoms with Crippen LogP contribution in [0.1, 0.15) is 40.3 Å². The van der Waals surface area contributed by atoms with Crippen molar-refractivity contribution in [1.29, 1.82) is 0 Å². The van der Waals surface area contributed by atoms with Gasteiger partial charge in [0, 0.05) is 37.7 Å². The van der Waals surface area contributed by atoms with Gasteiger partial charge in [-0.25, -0.2) is 0 Å². The molecule has 0 N–H and O–H groups in total. The molecule has 0 amide bonds. The van der Waals surface area contributed by atoms with Gasteiger partial charge in [0.2, 0.25) is 6.71 Å². The fraction of sp³-hybridized carbons (Fsp3) is 0.455. The molecule has 0 spiro atoms. The van der Waals surface area contributed by atoms with Gasteiger partial charge >= 0.3 is 0 Å². The summed E-state index contributed by atoms with van der Waals surface area (Å²) in [5.41, 5.74) is 11.3. The molecule has 0 bridgehead atoms. The Morgan fingerprint density at radius 1 is 0.731 bits per heavy atom. The maximum Gasteiger partial charge on any atom is 0.207 e. The first kappa shape index (κ1) is 23.7. The molecule has 2 aromatic carbocycles. The Kier molecular flexibility index (Phi) is 9.39. The van der Waals surface area contributed by atoms with E-state index in [1.807, 2.05) is 6.92 Å². The van der Waals surface area contributed by atoms with Gasteiger partial charge in [0.1, 0.15) is 0 Å². The quantitative estimate of drug-likeness (QED) is 0.733. The fourth-order valence-corrected chi connectivity index (χ4v) is 4.10. The van der Waals surface area contributed by atoms with Crippen LogP contribution in [0.15, 0.2) is 24.3 Å². The van der Waals surface area contributed by atoms with Gasteiger partial charge in [-0.2, -0.15) is 0 Å². The molecule has 0 unspecified atom stereocenters.